The van der Waals surface area contributed by atoms with E-state index in [-0.39, 0.29) is 17.2 Å². The number of nitrogens with zero attached hydrogens (tertiary/aromatic N) is 3. The second-order valence-corrected chi connectivity index (χ2v) is 7.21. The van der Waals surface area contributed by atoms with Crippen LogP contribution in [-0.4, -0.2) is 32.0 Å². The summed E-state index contributed by atoms with van der Waals surface area (Å²) in [6.45, 7) is 0. The van der Waals surface area contributed by atoms with Crippen molar-refractivity contribution in [3.05, 3.63) is 53.7 Å². The zero-order valence-corrected chi connectivity index (χ0v) is 14.5. The molecule has 4 heteroatoms. The summed E-state index contributed by atoms with van der Waals surface area (Å²) in [7, 11) is 5.78. The van der Waals surface area contributed by atoms with Crippen LogP contribution >= 0.6 is 0 Å². The van der Waals surface area contributed by atoms with Gasteiger partial charge in [-0.2, -0.15) is 0 Å². The predicted molar refractivity (Wildman–Crippen MR) is 96.5 cm³/mol. The Bertz CT molecular complexity index is 801. The Morgan fingerprint density at radius 1 is 1.17 bits per heavy atom. The van der Waals surface area contributed by atoms with Gasteiger partial charge in [0, 0.05) is 38.7 Å². The summed E-state index contributed by atoms with van der Waals surface area (Å²) in [5.41, 5.74) is 3.78. The van der Waals surface area contributed by atoms with Crippen LogP contribution in [0.2, 0.25) is 0 Å². The highest BCUT2D eigenvalue weighted by atomic mass is 16.2. The van der Waals surface area contributed by atoms with Crippen molar-refractivity contribution >= 4 is 17.4 Å². The van der Waals surface area contributed by atoms with E-state index in [1.54, 1.807) is 11.1 Å². The highest BCUT2D eigenvalue weighted by molar-refractivity contribution is 6.00. The number of benzene rings is 1. The molecule has 2 atom stereocenters. The third kappa shape index (κ3) is 2.13. The van der Waals surface area contributed by atoms with Crippen LogP contribution in [0.5, 0.6) is 0 Å². The summed E-state index contributed by atoms with van der Waals surface area (Å²) in [5.74, 6) is 1.14. The van der Waals surface area contributed by atoms with E-state index in [1.807, 2.05) is 38.2 Å². The topological polar surface area (TPSA) is 36.4 Å². The maximum absolute atomic E-state index is 13.1. The van der Waals surface area contributed by atoms with Gasteiger partial charge in [0.2, 0.25) is 5.91 Å². The molecule has 1 aromatic carbocycles. The lowest BCUT2D eigenvalue weighted by Gasteiger charge is -2.24. The minimum absolute atomic E-state index is 0.0857. The van der Waals surface area contributed by atoms with E-state index >= 15 is 0 Å². The third-order valence-electron chi connectivity index (χ3n) is 5.65. The van der Waals surface area contributed by atoms with Crippen molar-refractivity contribution < 1.29 is 4.79 Å². The molecule has 1 aromatic heterocycles. The highest BCUT2D eigenvalue weighted by Gasteiger charge is 2.62. The van der Waals surface area contributed by atoms with E-state index in [2.05, 4.69) is 29.2 Å². The molecule has 1 amide bonds. The molecule has 24 heavy (non-hydrogen) atoms. The van der Waals surface area contributed by atoms with Crippen LogP contribution in [0.4, 0.5) is 11.5 Å². The Morgan fingerprint density at radius 3 is 2.75 bits per heavy atom. The van der Waals surface area contributed by atoms with Gasteiger partial charge in [-0.15, -0.1) is 0 Å². The molecule has 0 bridgehead atoms. The summed E-state index contributed by atoms with van der Waals surface area (Å²) in [4.78, 5) is 21.3. The number of aryl methyl sites for hydroxylation is 1. The predicted octanol–water partition coefficient (Wildman–Crippen LogP) is 3.01. The molecule has 4 nitrogen and oxygen atoms in total. The van der Waals surface area contributed by atoms with Crippen LogP contribution in [0.3, 0.4) is 0 Å². The fourth-order valence-electron chi connectivity index (χ4n) is 4.27. The van der Waals surface area contributed by atoms with Crippen LogP contribution < -0.4 is 9.80 Å². The average Bonchev–Trinajstić information content (AvgIpc) is 3.22. The number of fused-ring (bicyclic) bond motifs is 2. The standard InChI is InChI=1S/C20H23N3O/c1-22(2)18-17(9-6-12-21-18)23(3)19(24)16-13-20(16)11-10-14-7-4-5-8-15(14)20/h4-9,12,16H,10-11,13H2,1-3H3/t16-,20-/m0/s1. The molecule has 1 heterocycles. The lowest BCUT2D eigenvalue weighted by atomic mass is 9.95. The molecule has 1 spiro atoms. The Kier molecular flexibility index (Phi) is 3.37. The van der Waals surface area contributed by atoms with Crippen molar-refractivity contribution in [3.63, 3.8) is 0 Å². The van der Waals surface area contributed by atoms with E-state index < -0.39 is 0 Å². The highest BCUT2D eigenvalue weighted by Crippen LogP contribution is 2.62. The molecule has 0 N–H and O–H groups in total. The quantitative estimate of drug-likeness (QED) is 0.872. The SMILES string of the molecule is CN(C)c1ncccc1N(C)C(=O)[C@@H]1C[C@]12CCc1ccccc12. The monoisotopic (exact) mass is 321 g/mol. The first-order chi connectivity index (χ1) is 11.5. The number of hydrogen-bond acceptors (Lipinski definition) is 3. The lowest BCUT2D eigenvalue weighted by molar-refractivity contribution is -0.119. The summed E-state index contributed by atoms with van der Waals surface area (Å²) >= 11 is 0. The van der Waals surface area contributed by atoms with Gasteiger partial charge in [-0.05, 0) is 42.5 Å². The van der Waals surface area contributed by atoms with Crippen molar-refractivity contribution in [2.45, 2.75) is 24.7 Å². The Morgan fingerprint density at radius 2 is 1.96 bits per heavy atom. The van der Waals surface area contributed by atoms with Crippen molar-refractivity contribution in [2.24, 2.45) is 5.92 Å². The smallest absolute Gasteiger partial charge is 0.230 e. The minimum atomic E-state index is 0.0857. The van der Waals surface area contributed by atoms with Gasteiger partial charge < -0.3 is 9.80 Å². The van der Waals surface area contributed by atoms with Gasteiger partial charge in [0.05, 0.1) is 5.69 Å². The number of anilines is 2. The van der Waals surface area contributed by atoms with Gasteiger partial charge in [0.15, 0.2) is 5.82 Å². The molecule has 0 saturated heterocycles. The summed E-state index contributed by atoms with van der Waals surface area (Å²) in [5, 5.41) is 0. The van der Waals surface area contributed by atoms with Crippen molar-refractivity contribution in [2.75, 3.05) is 30.9 Å². The van der Waals surface area contributed by atoms with Crippen molar-refractivity contribution in [1.29, 1.82) is 0 Å². The van der Waals surface area contributed by atoms with Gasteiger partial charge in [0.25, 0.3) is 0 Å². The van der Waals surface area contributed by atoms with Crippen LogP contribution in [0.1, 0.15) is 24.0 Å². The minimum Gasteiger partial charge on any atom is -0.361 e. The van der Waals surface area contributed by atoms with Gasteiger partial charge in [-0.1, -0.05) is 24.3 Å². The number of aromatic nitrogens is 1. The molecule has 2 aliphatic carbocycles. The zero-order chi connectivity index (χ0) is 16.9. The fourth-order valence-corrected chi connectivity index (χ4v) is 4.27. The lowest BCUT2D eigenvalue weighted by Crippen LogP contribution is -2.32. The molecule has 0 radical (unpaired) electrons. The molecular weight excluding hydrogens is 298 g/mol. The number of pyridine rings is 1. The zero-order valence-electron chi connectivity index (χ0n) is 14.5. The Hall–Kier alpha value is -2.36. The number of amides is 1. The van der Waals surface area contributed by atoms with Crippen LogP contribution in [0.25, 0.3) is 0 Å². The van der Waals surface area contributed by atoms with E-state index in [0.717, 1.165) is 30.8 Å². The molecule has 2 aromatic rings. The molecule has 2 aliphatic rings. The normalized spacial score (nSPS) is 23.9. The van der Waals surface area contributed by atoms with Crippen LogP contribution in [-0.2, 0) is 16.6 Å². The van der Waals surface area contributed by atoms with E-state index in [1.165, 1.54) is 11.1 Å². The van der Waals surface area contributed by atoms with E-state index in [0.29, 0.717) is 0 Å². The average molecular weight is 321 g/mol. The fraction of sp³-hybridized carbons (Fsp3) is 0.400. The molecule has 4 rings (SSSR count). The van der Waals surface area contributed by atoms with Gasteiger partial charge in [-0.25, -0.2) is 4.98 Å². The first-order valence-electron chi connectivity index (χ1n) is 8.53. The maximum Gasteiger partial charge on any atom is 0.230 e. The molecule has 124 valence electrons. The maximum atomic E-state index is 13.1. The number of hydrogen-bond donors (Lipinski definition) is 0. The molecular formula is C20H23N3O. The number of carbonyl (C=O) groups is 1. The number of carbonyl (C=O) groups excluding carboxylic acids is 1. The van der Waals surface area contributed by atoms with E-state index in [4.69, 9.17) is 0 Å². The third-order valence-corrected chi connectivity index (χ3v) is 5.65. The van der Waals surface area contributed by atoms with Gasteiger partial charge in [0.1, 0.15) is 0 Å². The first-order valence-corrected chi connectivity index (χ1v) is 8.53. The molecule has 1 saturated carbocycles. The first kappa shape index (κ1) is 15.2. The largest absolute Gasteiger partial charge is 0.361 e. The Labute approximate surface area is 143 Å². The van der Waals surface area contributed by atoms with E-state index in [9.17, 15) is 4.79 Å². The second kappa shape index (κ2) is 5.33. The Balaban J connectivity index is 1.61. The molecule has 0 aliphatic heterocycles. The van der Waals surface area contributed by atoms with Crippen molar-refractivity contribution in [3.8, 4) is 0 Å². The number of rotatable bonds is 3. The summed E-state index contributed by atoms with van der Waals surface area (Å²) < 4.78 is 0. The second-order valence-electron chi connectivity index (χ2n) is 7.21. The van der Waals surface area contributed by atoms with Gasteiger partial charge in [-0.3, -0.25) is 4.79 Å². The van der Waals surface area contributed by atoms with Gasteiger partial charge >= 0.3 is 0 Å². The molecule has 1 fully saturated rings. The summed E-state index contributed by atoms with van der Waals surface area (Å²) in [6, 6.07) is 12.5. The van der Waals surface area contributed by atoms with Crippen LogP contribution in [0.15, 0.2) is 42.6 Å². The van der Waals surface area contributed by atoms with Crippen LogP contribution in [0, 0.1) is 5.92 Å². The summed E-state index contributed by atoms with van der Waals surface area (Å²) in [6.07, 6.45) is 4.94. The van der Waals surface area contributed by atoms with Crippen molar-refractivity contribution in [1.82, 2.24) is 4.98 Å². The molecule has 0 unspecified atom stereocenters.